The summed E-state index contributed by atoms with van der Waals surface area (Å²) < 4.78 is 0. The highest BCUT2D eigenvalue weighted by atomic mass is 15.2. The number of rotatable bonds is 4. The van der Waals surface area contributed by atoms with Crippen LogP contribution in [0.4, 0.5) is 34.1 Å². The van der Waals surface area contributed by atoms with Crippen LogP contribution >= 0.6 is 0 Å². The maximum atomic E-state index is 4.47. The molecule has 4 nitrogen and oxygen atoms in total. The molecule has 0 amide bonds. The van der Waals surface area contributed by atoms with Crippen molar-refractivity contribution in [1.82, 2.24) is 9.97 Å². The molecule has 0 fully saturated rings. The Labute approximate surface area is 263 Å². The van der Waals surface area contributed by atoms with Crippen LogP contribution < -0.4 is 26.2 Å². The van der Waals surface area contributed by atoms with E-state index in [-0.39, 0.29) is 6.71 Å². The molecule has 6 aromatic carbocycles. The van der Waals surface area contributed by atoms with Crippen LogP contribution in [0, 0.1) is 0 Å². The zero-order valence-corrected chi connectivity index (χ0v) is 24.5. The van der Waals surface area contributed by atoms with Gasteiger partial charge in [0.25, 0.3) is 6.71 Å². The minimum atomic E-state index is 0.0515. The summed E-state index contributed by atoms with van der Waals surface area (Å²) in [6, 6.07) is 54.4. The number of hydrogen-bond donors (Lipinski definition) is 0. The fourth-order valence-corrected chi connectivity index (χ4v) is 7.14. The maximum Gasteiger partial charge on any atom is 0.252 e. The Bertz CT molecular complexity index is 2150. The van der Waals surface area contributed by atoms with E-state index in [2.05, 4.69) is 165 Å². The van der Waals surface area contributed by atoms with Crippen LogP contribution in [0.5, 0.6) is 0 Å². The first-order chi connectivity index (χ1) is 22.4. The van der Waals surface area contributed by atoms with Crippen molar-refractivity contribution in [3.8, 4) is 22.5 Å². The molecule has 0 radical (unpaired) electrons. The molecule has 45 heavy (non-hydrogen) atoms. The van der Waals surface area contributed by atoms with Gasteiger partial charge in [0.1, 0.15) is 0 Å². The largest absolute Gasteiger partial charge is 0.311 e. The summed E-state index contributed by atoms with van der Waals surface area (Å²) in [6.45, 7) is 0.0515. The average molecular weight is 574 g/mol. The third-order valence-corrected chi connectivity index (χ3v) is 8.98. The predicted molar refractivity (Wildman–Crippen MR) is 187 cm³/mol. The number of aromatic nitrogens is 2. The maximum absolute atomic E-state index is 4.47. The lowest BCUT2D eigenvalue weighted by Gasteiger charge is -2.44. The van der Waals surface area contributed by atoms with Gasteiger partial charge in [-0.25, -0.2) is 9.97 Å². The van der Waals surface area contributed by atoms with Crippen molar-refractivity contribution in [2.24, 2.45) is 0 Å². The van der Waals surface area contributed by atoms with Gasteiger partial charge >= 0.3 is 0 Å². The first-order valence-corrected chi connectivity index (χ1v) is 15.3. The zero-order valence-electron chi connectivity index (χ0n) is 24.5. The quantitative estimate of drug-likeness (QED) is 0.200. The van der Waals surface area contributed by atoms with Crippen molar-refractivity contribution in [3.63, 3.8) is 0 Å². The van der Waals surface area contributed by atoms with E-state index in [9.17, 15) is 0 Å². The summed E-state index contributed by atoms with van der Waals surface area (Å²) in [5.41, 5.74) is 14.5. The van der Waals surface area contributed by atoms with Crippen LogP contribution in [0.3, 0.4) is 0 Å². The molecule has 0 aliphatic carbocycles. The lowest BCUT2D eigenvalue weighted by atomic mass is 9.32. The monoisotopic (exact) mass is 574 g/mol. The fraction of sp³-hybridized carbons (Fsp3) is 0. The molecule has 0 bridgehead atoms. The first kappa shape index (κ1) is 25.6. The Kier molecular flexibility index (Phi) is 5.88. The Hall–Kier alpha value is -5.94. The van der Waals surface area contributed by atoms with Gasteiger partial charge in [-0.2, -0.15) is 0 Å². The molecule has 0 saturated carbocycles. The second-order valence-electron chi connectivity index (χ2n) is 11.4. The summed E-state index contributed by atoms with van der Waals surface area (Å²) in [4.78, 5) is 13.8. The fourth-order valence-electron chi connectivity index (χ4n) is 7.14. The number of para-hydroxylation sites is 3. The van der Waals surface area contributed by atoms with Crippen LogP contribution in [-0.2, 0) is 0 Å². The van der Waals surface area contributed by atoms with Crippen molar-refractivity contribution in [2.45, 2.75) is 0 Å². The molecule has 3 heterocycles. The van der Waals surface area contributed by atoms with E-state index in [1.807, 2.05) is 6.07 Å². The molecule has 9 rings (SSSR count). The van der Waals surface area contributed by atoms with E-state index in [4.69, 9.17) is 0 Å². The SMILES string of the molecule is c1ccc(N2c3ccccc3B3c4c(-c5ccc(-c6ncccn6)cc5)cccc4N(c4ccccc4)c4cccc2c43)cc1. The Balaban J connectivity index is 1.32. The Morgan fingerprint density at radius 3 is 1.58 bits per heavy atom. The van der Waals surface area contributed by atoms with E-state index >= 15 is 0 Å². The van der Waals surface area contributed by atoms with Gasteiger partial charge in [0.15, 0.2) is 5.82 Å². The highest BCUT2D eigenvalue weighted by Crippen LogP contribution is 2.44. The second kappa shape index (κ2) is 10.4. The van der Waals surface area contributed by atoms with E-state index in [1.54, 1.807) is 12.4 Å². The van der Waals surface area contributed by atoms with Gasteiger partial charge in [-0.15, -0.1) is 0 Å². The lowest BCUT2D eigenvalue weighted by molar-refractivity contribution is 1.18. The molecule has 210 valence electrons. The van der Waals surface area contributed by atoms with Crippen LogP contribution in [0.25, 0.3) is 22.5 Å². The topological polar surface area (TPSA) is 32.3 Å². The molecule has 0 saturated heterocycles. The van der Waals surface area contributed by atoms with E-state index < -0.39 is 0 Å². The van der Waals surface area contributed by atoms with Gasteiger partial charge in [-0.05, 0) is 82.1 Å². The van der Waals surface area contributed by atoms with Gasteiger partial charge < -0.3 is 9.80 Å². The molecular formula is C40H27BN4. The lowest BCUT2D eigenvalue weighted by Crippen LogP contribution is -2.61. The van der Waals surface area contributed by atoms with Crippen LogP contribution in [0.15, 0.2) is 164 Å². The van der Waals surface area contributed by atoms with Crippen molar-refractivity contribution in [3.05, 3.63) is 164 Å². The summed E-state index contributed by atoms with van der Waals surface area (Å²) in [6.07, 6.45) is 3.58. The van der Waals surface area contributed by atoms with Crippen LogP contribution in [0.2, 0.25) is 0 Å². The standard InChI is InChI=1S/C40H27BN4/c1-3-12-30(13-4-1)44-34-18-8-7-17-33(34)41-38-32(28-22-24-29(25-23-28)40-42-26-11-27-43-40)16-9-19-35(38)45(31-14-5-2-6-15-31)37-21-10-20-36(44)39(37)41/h1-27H. The predicted octanol–water partition coefficient (Wildman–Crippen LogP) is 7.89. The normalized spacial score (nSPS) is 12.8. The average Bonchev–Trinajstić information content (AvgIpc) is 3.12. The number of hydrogen-bond acceptors (Lipinski definition) is 4. The molecule has 7 aromatic rings. The molecule has 0 N–H and O–H groups in total. The minimum Gasteiger partial charge on any atom is -0.311 e. The van der Waals surface area contributed by atoms with Gasteiger partial charge in [-0.3, -0.25) is 0 Å². The molecule has 5 heteroatoms. The summed E-state index contributed by atoms with van der Waals surface area (Å²) >= 11 is 0. The van der Waals surface area contributed by atoms with Crippen molar-refractivity contribution in [1.29, 1.82) is 0 Å². The molecule has 0 unspecified atom stereocenters. The highest BCUT2D eigenvalue weighted by Gasteiger charge is 2.44. The van der Waals surface area contributed by atoms with Gasteiger partial charge in [0, 0.05) is 52.1 Å². The van der Waals surface area contributed by atoms with Crippen molar-refractivity contribution < 1.29 is 0 Å². The van der Waals surface area contributed by atoms with Crippen LogP contribution in [0.1, 0.15) is 0 Å². The second-order valence-corrected chi connectivity index (χ2v) is 11.4. The smallest absolute Gasteiger partial charge is 0.252 e. The molecule has 1 aromatic heterocycles. The Morgan fingerprint density at radius 1 is 0.400 bits per heavy atom. The molecule has 2 aliphatic rings. The number of fused-ring (bicyclic) bond motifs is 4. The third-order valence-electron chi connectivity index (χ3n) is 8.98. The zero-order chi connectivity index (χ0) is 29.7. The number of anilines is 6. The molecule has 0 spiro atoms. The summed E-state index contributed by atoms with van der Waals surface area (Å²) in [7, 11) is 0. The number of benzene rings is 6. The van der Waals surface area contributed by atoms with E-state index in [0.717, 1.165) is 22.8 Å². The van der Waals surface area contributed by atoms with Gasteiger partial charge in [0.2, 0.25) is 0 Å². The first-order valence-electron chi connectivity index (χ1n) is 15.3. The Morgan fingerprint density at radius 2 is 0.911 bits per heavy atom. The summed E-state index contributed by atoms with van der Waals surface area (Å²) in [5, 5.41) is 0. The van der Waals surface area contributed by atoms with Gasteiger partial charge in [-0.1, -0.05) is 97.1 Å². The number of nitrogens with zero attached hydrogens (tertiary/aromatic N) is 4. The van der Waals surface area contributed by atoms with Crippen molar-refractivity contribution in [2.75, 3.05) is 9.80 Å². The van der Waals surface area contributed by atoms with Gasteiger partial charge in [0.05, 0.1) is 0 Å². The summed E-state index contributed by atoms with van der Waals surface area (Å²) in [5.74, 6) is 0.732. The minimum absolute atomic E-state index is 0.0515. The molecule has 0 atom stereocenters. The molecular weight excluding hydrogens is 547 g/mol. The van der Waals surface area contributed by atoms with E-state index in [1.165, 1.54) is 50.3 Å². The van der Waals surface area contributed by atoms with E-state index in [0.29, 0.717) is 0 Å². The molecule has 2 aliphatic heterocycles. The van der Waals surface area contributed by atoms with Crippen molar-refractivity contribution >= 4 is 57.2 Å². The third kappa shape index (κ3) is 4.01. The van der Waals surface area contributed by atoms with Crippen LogP contribution in [-0.4, -0.2) is 16.7 Å². The highest BCUT2D eigenvalue weighted by molar-refractivity contribution is 7.01.